The monoisotopic (exact) mass is 510 g/mol. The summed E-state index contributed by atoms with van der Waals surface area (Å²) in [5.74, 6) is -2.76. The first kappa shape index (κ1) is 25.1. The summed E-state index contributed by atoms with van der Waals surface area (Å²) in [5.41, 5.74) is 1.55. The van der Waals surface area contributed by atoms with E-state index in [0.29, 0.717) is 28.1 Å². The van der Waals surface area contributed by atoms with Crippen LogP contribution in [0.25, 0.3) is 5.76 Å². The van der Waals surface area contributed by atoms with Crippen LogP contribution in [0, 0.1) is 19.7 Å². The first-order chi connectivity index (χ1) is 17.2. The van der Waals surface area contributed by atoms with Crippen molar-refractivity contribution in [1.29, 1.82) is 0 Å². The van der Waals surface area contributed by atoms with E-state index < -0.39 is 35.3 Å². The van der Waals surface area contributed by atoms with Crippen LogP contribution in [-0.4, -0.2) is 41.5 Å². The van der Waals surface area contributed by atoms with Crippen molar-refractivity contribution in [1.82, 2.24) is 4.98 Å². The SMILES string of the molecule is CCOC(=O)c1sc(N2C(=O)C(=O)/C(=C(/O)c3ccc(OC)c(C)c3)[C@H]2c2ccc(F)cc2)nc1C. The molecule has 0 spiro atoms. The Balaban J connectivity index is 1.91. The number of methoxy groups -OCH3 is 1. The van der Waals surface area contributed by atoms with Crippen molar-refractivity contribution in [3.63, 3.8) is 0 Å². The van der Waals surface area contributed by atoms with Gasteiger partial charge < -0.3 is 14.6 Å². The summed E-state index contributed by atoms with van der Waals surface area (Å²) in [7, 11) is 1.52. The second-order valence-electron chi connectivity index (χ2n) is 8.04. The molecular formula is C26H23FN2O6S. The number of anilines is 1. The van der Waals surface area contributed by atoms with E-state index in [1.54, 1.807) is 39.0 Å². The van der Waals surface area contributed by atoms with E-state index in [1.165, 1.54) is 31.4 Å². The van der Waals surface area contributed by atoms with Gasteiger partial charge in [-0.1, -0.05) is 23.5 Å². The van der Waals surface area contributed by atoms with Gasteiger partial charge in [-0.2, -0.15) is 0 Å². The molecule has 1 atom stereocenters. The molecule has 3 aromatic rings. The third kappa shape index (κ3) is 4.35. The van der Waals surface area contributed by atoms with Crippen LogP contribution >= 0.6 is 11.3 Å². The third-order valence-corrected chi connectivity index (χ3v) is 6.89. The second-order valence-corrected chi connectivity index (χ2v) is 9.01. The van der Waals surface area contributed by atoms with E-state index in [1.807, 2.05) is 0 Å². The number of hydrogen-bond donors (Lipinski definition) is 1. The summed E-state index contributed by atoms with van der Waals surface area (Å²) in [6, 6.07) is 9.00. The summed E-state index contributed by atoms with van der Waals surface area (Å²) in [6.07, 6.45) is 0. The summed E-state index contributed by atoms with van der Waals surface area (Å²) >= 11 is 0.902. The summed E-state index contributed by atoms with van der Waals surface area (Å²) < 4.78 is 24.0. The van der Waals surface area contributed by atoms with Gasteiger partial charge in [0.2, 0.25) is 0 Å². The van der Waals surface area contributed by atoms with Gasteiger partial charge in [0.15, 0.2) is 5.13 Å². The second kappa shape index (κ2) is 9.90. The lowest BCUT2D eigenvalue weighted by Gasteiger charge is -2.23. The van der Waals surface area contributed by atoms with Gasteiger partial charge in [0.05, 0.1) is 31.0 Å². The molecule has 0 bridgehead atoms. The third-order valence-electron chi connectivity index (χ3n) is 5.75. The molecule has 1 N–H and O–H groups in total. The number of halogens is 1. The number of nitrogens with zero attached hydrogens (tertiary/aromatic N) is 2. The van der Waals surface area contributed by atoms with Gasteiger partial charge in [-0.05, 0) is 62.2 Å². The molecule has 1 amide bonds. The topological polar surface area (TPSA) is 106 Å². The lowest BCUT2D eigenvalue weighted by atomic mass is 9.95. The van der Waals surface area contributed by atoms with Crippen molar-refractivity contribution in [3.8, 4) is 5.75 Å². The first-order valence-corrected chi connectivity index (χ1v) is 11.9. The molecule has 0 saturated carbocycles. The number of carbonyl (C=O) groups excluding carboxylic acids is 3. The van der Waals surface area contributed by atoms with E-state index in [-0.39, 0.29) is 22.2 Å². The van der Waals surface area contributed by atoms with Gasteiger partial charge in [0.25, 0.3) is 5.78 Å². The number of aromatic nitrogens is 1. The molecule has 4 rings (SSSR count). The fourth-order valence-electron chi connectivity index (χ4n) is 4.04. The van der Waals surface area contributed by atoms with Crippen LogP contribution in [0.4, 0.5) is 9.52 Å². The van der Waals surface area contributed by atoms with Gasteiger partial charge in [-0.15, -0.1) is 0 Å². The van der Waals surface area contributed by atoms with Crippen molar-refractivity contribution in [2.45, 2.75) is 26.8 Å². The van der Waals surface area contributed by atoms with Gasteiger partial charge in [-0.25, -0.2) is 14.2 Å². The van der Waals surface area contributed by atoms with E-state index in [2.05, 4.69) is 4.98 Å². The maximum absolute atomic E-state index is 13.7. The highest BCUT2D eigenvalue weighted by molar-refractivity contribution is 7.17. The number of aryl methyl sites for hydroxylation is 2. The molecule has 1 saturated heterocycles. The van der Waals surface area contributed by atoms with Crippen LogP contribution in [0.5, 0.6) is 5.75 Å². The number of hydrogen-bond acceptors (Lipinski definition) is 8. The predicted octanol–water partition coefficient (Wildman–Crippen LogP) is 4.71. The molecular weight excluding hydrogens is 487 g/mol. The highest BCUT2D eigenvalue weighted by Gasteiger charge is 2.48. The van der Waals surface area contributed by atoms with Gasteiger partial charge in [0.1, 0.15) is 22.2 Å². The molecule has 2 aromatic carbocycles. The zero-order valence-electron chi connectivity index (χ0n) is 20.0. The largest absolute Gasteiger partial charge is 0.507 e. The van der Waals surface area contributed by atoms with E-state index in [0.717, 1.165) is 16.2 Å². The van der Waals surface area contributed by atoms with Gasteiger partial charge in [-0.3, -0.25) is 14.5 Å². The van der Waals surface area contributed by atoms with Crippen molar-refractivity contribution < 1.29 is 33.4 Å². The molecule has 10 heteroatoms. The van der Waals surface area contributed by atoms with Gasteiger partial charge >= 0.3 is 11.9 Å². The molecule has 1 fully saturated rings. The number of benzene rings is 2. The van der Waals surface area contributed by atoms with Crippen LogP contribution < -0.4 is 9.64 Å². The normalized spacial score (nSPS) is 16.9. The minimum atomic E-state index is -1.10. The van der Waals surface area contributed by atoms with Crippen LogP contribution in [0.2, 0.25) is 0 Å². The zero-order chi connectivity index (χ0) is 26.1. The number of aliphatic hydroxyl groups excluding tert-OH is 1. The minimum Gasteiger partial charge on any atom is -0.507 e. The lowest BCUT2D eigenvalue weighted by Crippen LogP contribution is -2.29. The Labute approximate surface area is 210 Å². The number of esters is 1. The van der Waals surface area contributed by atoms with Crippen molar-refractivity contribution in [2.75, 3.05) is 18.6 Å². The average molecular weight is 511 g/mol. The summed E-state index contributed by atoms with van der Waals surface area (Å²) in [4.78, 5) is 44.6. The lowest BCUT2D eigenvalue weighted by molar-refractivity contribution is -0.132. The van der Waals surface area contributed by atoms with E-state index >= 15 is 0 Å². The van der Waals surface area contributed by atoms with E-state index in [4.69, 9.17) is 9.47 Å². The quantitative estimate of drug-likeness (QED) is 0.222. The molecule has 8 nitrogen and oxygen atoms in total. The number of amides is 1. The average Bonchev–Trinajstić information content (AvgIpc) is 3.36. The molecule has 0 radical (unpaired) electrons. The standard InChI is InChI=1S/C26H23FN2O6S/c1-5-35-25(33)23-14(3)28-26(36-23)29-20(15-6-9-17(27)10-7-15)19(22(31)24(29)32)21(30)16-8-11-18(34-4)13(2)12-16/h6-12,20,30H,5H2,1-4H3/b21-19+/t20-/m1/s1. The fraction of sp³-hybridized carbons (Fsp3) is 0.231. The summed E-state index contributed by atoms with van der Waals surface area (Å²) in [6.45, 7) is 5.20. The number of carbonyl (C=O) groups is 3. The van der Waals surface area contributed by atoms with E-state index in [9.17, 15) is 23.9 Å². The Morgan fingerprint density at radius 1 is 1.17 bits per heavy atom. The maximum Gasteiger partial charge on any atom is 0.350 e. The number of aliphatic hydroxyl groups is 1. The molecule has 2 heterocycles. The van der Waals surface area contributed by atoms with Gasteiger partial charge in [0, 0.05) is 5.56 Å². The molecule has 0 unspecified atom stereocenters. The molecule has 1 aliphatic rings. The fourth-order valence-corrected chi connectivity index (χ4v) is 5.03. The number of ketones is 1. The van der Waals surface area contributed by atoms with Crippen LogP contribution in [0.15, 0.2) is 48.0 Å². The minimum absolute atomic E-state index is 0.0805. The predicted molar refractivity (Wildman–Crippen MR) is 132 cm³/mol. The first-order valence-electron chi connectivity index (χ1n) is 11.0. The number of Topliss-reactive ketones (excluding diaryl/α,β-unsaturated/α-hetero) is 1. The molecule has 186 valence electrons. The van der Waals surface area contributed by atoms with Crippen LogP contribution in [0.1, 0.15) is 45.0 Å². The number of thiazole rings is 1. The van der Waals surface area contributed by atoms with Crippen molar-refractivity contribution in [2.24, 2.45) is 0 Å². The molecule has 1 aliphatic heterocycles. The Hall–Kier alpha value is -4.05. The zero-order valence-corrected chi connectivity index (χ0v) is 20.8. The molecule has 0 aliphatic carbocycles. The molecule has 1 aromatic heterocycles. The smallest absolute Gasteiger partial charge is 0.350 e. The highest BCUT2D eigenvalue weighted by Crippen LogP contribution is 2.44. The van der Waals surface area contributed by atoms with Crippen LogP contribution in [0.3, 0.4) is 0 Å². The highest BCUT2D eigenvalue weighted by atomic mass is 32.1. The van der Waals surface area contributed by atoms with Crippen molar-refractivity contribution in [3.05, 3.63) is 81.1 Å². The maximum atomic E-state index is 13.7. The number of ether oxygens (including phenoxy) is 2. The Kier molecular flexibility index (Phi) is 6.89. The Bertz CT molecular complexity index is 1400. The number of rotatable bonds is 6. The van der Waals surface area contributed by atoms with Crippen LogP contribution in [-0.2, 0) is 14.3 Å². The Morgan fingerprint density at radius 3 is 2.47 bits per heavy atom. The Morgan fingerprint density at radius 2 is 1.86 bits per heavy atom. The summed E-state index contributed by atoms with van der Waals surface area (Å²) in [5, 5.41) is 11.3. The van der Waals surface area contributed by atoms with Crippen molar-refractivity contribution >= 4 is 39.9 Å². The molecule has 36 heavy (non-hydrogen) atoms.